The van der Waals surface area contributed by atoms with Crippen LogP contribution in [-0.4, -0.2) is 23.6 Å². The summed E-state index contributed by atoms with van der Waals surface area (Å²) in [6.45, 7) is 0. The molecule has 0 aromatic heterocycles. The Morgan fingerprint density at radius 3 is 2.53 bits per heavy atom. The largest absolute Gasteiger partial charge is 0.488 e. The summed E-state index contributed by atoms with van der Waals surface area (Å²) in [6.07, 6.45) is 3.09. The van der Waals surface area contributed by atoms with Gasteiger partial charge in [0.15, 0.2) is 0 Å². The maximum Gasteiger partial charge on any atom is 0.150 e. The monoisotopic (exact) mass is 206 g/mol. The molecule has 15 heavy (non-hydrogen) atoms. The van der Waals surface area contributed by atoms with E-state index in [4.69, 9.17) is 4.74 Å². The molecule has 2 rings (SSSR count). The quantitative estimate of drug-likeness (QED) is 0.767. The van der Waals surface area contributed by atoms with Crippen LogP contribution in [0, 0.1) is 0 Å². The highest BCUT2D eigenvalue weighted by atomic mass is 16.5. The molecule has 1 N–H and O–H groups in total. The van der Waals surface area contributed by atoms with Crippen LogP contribution in [-0.2, 0) is 0 Å². The number of carbonyl (C=O) groups is 1. The molecule has 0 heterocycles. The van der Waals surface area contributed by atoms with Gasteiger partial charge in [-0.05, 0) is 43.5 Å². The van der Waals surface area contributed by atoms with E-state index >= 15 is 0 Å². The van der Waals surface area contributed by atoms with Crippen LogP contribution >= 0.6 is 0 Å². The van der Waals surface area contributed by atoms with E-state index < -0.39 is 0 Å². The van der Waals surface area contributed by atoms with E-state index in [0.29, 0.717) is 11.3 Å². The van der Waals surface area contributed by atoms with E-state index in [1.807, 2.05) is 0 Å². The highest BCUT2D eigenvalue weighted by molar-refractivity contribution is 5.74. The van der Waals surface area contributed by atoms with Crippen molar-refractivity contribution in [3.8, 4) is 5.75 Å². The predicted octanol–water partition coefficient (Wildman–Crippen LogP) is 1.79. The fourth-order valence-corrected chi connectivity index (χ4v) is 1.84. The lowest BCUT2D eigenvalue weighted by atomic mass is 10.2. The van der Waals surface area contributed by atoms with Gasteiger partial charge in [0.25, 0.3) is 0 Å². The molecule has 0 bridgehead atoms. The molecule has 0 amide bonds. The van der Waals surface area contributed by atoms with Crippen molar-refractivity contribution in [3.63, 3.8) is 0 Å². The molecule has 0 aliphatic heterocycles. The normalized spacial score (nSPS) is 25.1. The Morgan fingerprint density at radius 2 is 2.00 bits per heavy atom. The highest BCUT2D eigenvalue weighted by Gasteiger charge is 2.26. The number of benzene rings is 1. The highest BCUT2D eigenvalue weighted by Crippen LogP contribution is 2.24. The summed E-state index contributed by atoms with van der Waals surface area (Å²) >= 11 is 0. The maximum atomic E-state index is 10.4. The van der Waals surface area contributed by atoms with Crippen molar-refractivity contribution in [2.24, 2.45) is 0 Å². The van der Waals surface area contributed by atoms with Gasteiger partial charge in [-0.25, -0.2) is 0 Å². The minimum Gasteiger partial charge on any atom is -0.488 e. The summed E-state index contributed by atoms with van der Waals surface area (Å²) < 4.78 is 5.62. The molecule has 0 spiro atoms. The van der Waals surface area contributed by atoms with Crippen LogP contribution in [0.2, 0.25) is 0 Å². The van der Waals surface area contributed by atoms with Gasteiger partial charge in [-0.2, -0.15) is 0 Å². The summed E-state index contributed by atoms with van der Waals surface area (Å²) in [4.78, 5) is 10.4. The molecule has 3 heteroatoms. The third-order valence-corrected chi connectivity index (χ3v) is 2.72. The summed E-state index contributed by atoms with van der Waals surface area (Å²) in [6, 6.07) is 6.94. The number of aldehydes is 1. The lowest BCUT2D eigenvalue weighted by molar-refractivity contribution is 0.0604. The van der Waals surface area contributed by atoms with E-state index in [1.165, 1.54) is 0 Å². The number of hydrogen-bond donors (Lipinski definition) is 1. The molecule has 80 valence electrons. The van der Waals surface area contributed by atoms with Crippen molar-refractivity contribution in [1.29, 1.82) is 0 Å². The number of ether oxygens (including phenoxy) is 1. The average molecular weight is 206 g/mol. The fraction of sp³-hybridized carbons (Fsp3) is 0.417. The van der Waals surface area contributed by atoms with Crippen LogP contribution in [0.5, 0.6) is 5.75 Å². The van der Waals surface area contributed by atoms with Gasteiger partial charge in [-0.3, -0.25) is 4.79 Å². The molecule has 0 saturated heterocycles. The van der Waals surface area contributed by atoms with Crippen LogP contribution in [0.4, 0.5) is 0 Å². The minimum absolute atomic E-state index is 0.0907. The molecule has 1 aliphatic carbocycles. The van der Waals surface area contributed by atoms with Crippen LogP contribution in [0.3, 0.4) is 0 Å². The standard InChI is InChI=1S/C12H14O3/c13-8-9-4-6-10(7-5-9)15-12-3-1-2-11(12)14/h4-8,11-12,14H,1-3H2/t11-,12+/m0/s1. The number of carbonyl (C=O) groups excluding carboxylic acids is 1. The van der Waals surface area contributed by atoms with Crippen LogP contribution < -0.4 is 4.74 Å². The maximum absolute atomic E-state index is 10.4. The van der Waals surface area contributed by atoms with Gasteiger partial charge in [-0.15, -0.1) is 0 Å². The Kier molecular flexibility index (Phi) is 3.02. The molecule has 1 aromatic carbocycles. The van der Waals surface area contributed by atoms with Crippen molar-refractivity contribution >= 4 is 6.29 Å². The number of rotatable bonds is 3. The van der Waals surface area contributed by atoms with E-state index in [2.05, 4.69) is 0 Å². The van der Waals surface area contributed by atoms with Crippen LogP contribution in [0.25, 0.3) is 0 Å². The average Bonchev–Trinajstić information content (AvgIpc) is 2.66. The van der Waals surface area contributed by atoms with Gasteiger partial charge in [0.05, 0.1) is 6.10 Å². The molecule has 0 unspecified atom stereocenters. The first kappa shape index (κ1) is 10.2. The molecular weight excluding hydrogens is 192 g/mol. The molecule has 1 aliphatic rings. The number of aliphatic hydroxyl groups is 1. The first-order chi connectivity index (χ1) is 7.29. The molecule has 1 aromatic rings. The summed E-state index contributed by atoms with van der Waals surface area (Å²) in [5, 5.41) is 9.57. The van der Waals surface area contributed by atoms with Crippen molar-refractivity contribution in [2.75, 3.05) is 0 Å². The molecule has 3 nitrogen and oxygen atoms in total. The lowest BCUT2D eigenvalue weighted by Gasteiger charge is -2.16. The summed E-state index contributed by atoms with van der Waals surface area (Å²) in [7, 11) is 0. The van der Waals surface area contributed by atoms with E-state index in [-0.39, 0.29) is 12.2 Å². The Bertz CT molecular complexity index is 331. The molecule has 1 saturated carbocycles. The van der Waals surface area contributed by atoms with Crippen LogP contribution in [0.15, 0.2) is 24.3 Å². The topological polar surface area (TPSA) is 46.5 Å². The van der Waals surface area contributed by atoms with Crippen molar-refractivity contribution < 1.29 is 14.6 Å². The zero-order chi connectivity index (χ0) is 10.7. The zero-order valence-electron chi connectivity index (χ0n) is 8.43. The molecular formula is C12H14O3. The van der Waals surface area contributed by atoms with E-state index in [0.717, 1.165) is 25.5 Å². The molecule has 1 fully saturated rings. The van der Waals surface area contributed by atoms with Gasteiger partial charge < -0.3 is 9.84 Å². The summed E-state index contributed by atoms with van der Waals surface area (Å²) in [5.74, 6) is 0.714. The van der Waals surface area contributed by atoms with Gasteiger partial charge in [0.1, 0.15) is 18.1 Å². The molecule has 0 radical (unpaired) electrons. The minimum atomic E-state index is -0.351. The lowest BCUT2D eigenvalue weighted by Crippen LogP contribution is -2.25. The third-order valence-electron chi connectivity index (χ3n) is 2.72. The Balaban J connectivity index is 2.01. The summed E-state index contributed by atoms with van der Waals surface area (Å²) in [5.41, 5.74) is 0.634. The second-order valence-electron chi connectivity index (χ2n) is 3.84. The SMILES string of the molecule is O=Cc1ccc(O[C@@H]2CCC[C@@H]2O)cc1. The zero-order valence-corrected chi connectivity index (χ0v) is 8.43. The Labute approximate surface area is 88.7 Å². The van der Waals surface area contributed by atoms with Crippen LogP contribution in [0.1, 0.15) is 29.6 Å². The third kappa shape index (κ3) is 2.36. The first-order valence-electron chi connectivity index (χ1n) is 5.19. The van der Waals surface area contributed by atoms with E-state index in [9.17, 15) is 9.90 Å². The van der Waals surface area contributed by atoms with E-state index in [1.54, 1.807) is 24.3 Å². The van der Waals surface area contributed by atoms with Crippen molar-refractivity contribution in [2.45, 2.75) is 31.5 Å². The van der Waals surface area contributed by atoms with Crippen molar-refractivity contribution in [1.82, 2.24) is 0 Å². The van der Waals surface area contributed by atoms with Gasteiger partial charge in [-0.1, -0.05) is 0 Å². The first-order valence-corrected chi connectivity index (χ1v) is 5.19. The number of hydrogen-bond acceptors (Lipinski definition) is 3. The fourth-order valence-electron chi connectivity index (χ4n) is 1.84. The predicted molar refractivity (Wildman–Crippen MR) is 56.1 cm³/mol. The van der Waals surface area contributed by atoms with Gasteiger partial charge in [0, 0.05) is 5.56 Å². The second-order valence-corrected chi connectivity index (χ2v) is 3.84. The smallest absolute Gasteiger partial charge is 0.150 e. The Morgan fingerprint density at radius 1 is 1.27 bits per heavy atom. The van der Waals surface area contributed by atoms with Gasteiger partial charge in [0.2, 0.25) is 0 Å². The molecule has 2 atom stereocenters. The second kappa shape index (κ2) is 4.45. The van der Waals surface area contributed by atoms with Crippen molar-refractivity contribution in [3.05, 3.63) is 29.8 Å². The van der Waals surface area contributed by atoms with Gasteiger partial charge >= 0.3 is 0 Å². The number of aliphatic hydroxyl groups excluding tert-OH is 1. The Hall–Kier alpha value is -1.35.